The van der Waals surface area contributed by atoms with Gasteiger partial charge in [-0.2, -0.15) is 5.10 Å². The summed E-state index contributed by atoms with van der Waals surface area (Å²) in [5.41, 5.74) is 10.5. The third-order valence-corrected chi connectivity index (χ3v) is 3.11. The number of nitrogen functional groups attached to an aromatic ring is 1. The van der Waals surface area contributed by atoms with Crippen LogP contribution in [-0.2, 0) is 7.05 Å². The number of aryl methyl sites for hydroxylation is 2. The van der Waals surface area contributed by atoms with Crippen LogP contribution in [0, 0.1) is 6.92 Å². The summed E-state index contributed by atoms with van der Waals surface area (Å²) in [6.07, 6.45) is 3.64. The molecule has 19 heavy (non-hydrogen) atoms. The molecule has 0 saturated carbocycles. The van der Waals surface area contributed by atoms with E-state index in [4.69, 9.17) is 10.3 Å². The molecule has 0 radical (unpaired) electrons. The lowest BCUT2D eigenvalue weighted by molar-refractivity contribution is 0.439. The van der Waals surface area contributed by atoms with Crippen molar-refractivity contribution in [1.82, 2.24) is 14.9 Å². The Morgan fingerprint density at radius 3 is 2.74 bits per heavy atom. The Kier molecular flexibility index (Phi) is 2.59. The molecular formula is C14H14N4O. The van der Waals surface area contributed by atoms with Crippen molar-refractivity contribution in [3.8, 4) is 22.4 Å². The molecule has 2 N–H and O–H groups in total. The fourth-order valence-electron chi connectivity index (χ4n) is 2.16. The zero-order valence-corrected chi connectivity index (χ0v) is 10.8. The molecule has 0 aliphatic rings. The SMILES string of the molecule is Cc1ccccc1-c1c(-c2cnn(C)c2)noc1N. The molecule has 3 aromatic rings. The van der Waals surface area contributed by atoms with E-state index in [-0.39, 0.29) is 0 Å². The summed E-state index contributed by atoms with van der Waals surface area (Å²) in [4.78, 5) is 0. The monoisotopic (exact) mass is 254 g/mol. The van der Waals surface area contributed by atoms with Crippen LogP contribution in [0.15, 0.2) is 41.2 Å². The molecule has 2 aromatic heterocycles. The van der Waals surface area contributed by atoms with Crippen LogP contribution in [-0.4, -0.2) is 14.9 Å². The Bertz CT molecular complexity index is 727. The molecule has 0 aliphatic carbocycles. The molecule has 0 unspecified atom stereocenters. The normalized spacial score (nSPS) is 10.8. The minimum absolute atomic E-state index is 0.327. The van der Waals surface area contributed by atoms with Crippen molar-refractivity contribution < 1.29 is 4.52 Å². The quantitative estimate of drug-likeness (QED) is 0.763. The summed E-state index contributed by atoms with van der Waals surface area (Å²) < 4.78 is 6.88. The summed E-state index contributed by atoms with van der Waals surface area (Å²) >= 11 is 0. The number of benzene rings is 1. The van der Waals surface area contributed by atoms with Crippen molar-refractivity contribution in [2.24, 2.45) is 7.05 Å². The minimum Gasteiger partial charge on any atom is -0.367 e. The van der Waals surface area contributed by atoms with Gasteiger partial charge in [-0.15, -0.1) is 0 Å². The van der Waals surface area contributed by atoms with E-state index in [2.05, 4.69) is 10.3 Å². The molecule has 0 bridgehead atoms. The number of aromatic nitrogens is 3. The lowest BCUT2D eigenvalue weighted by Crippen LogP contribution is -1.89. The van der Waals surface area contributed by atoms with Crippen LogP contribution in [0.5, 0.6) is 0 Å². The first kappa shape index (κ1) is 11.5. The van der Waals surface area contributed by atoms with Crippen LogP contribution < -0.4 is 5.73 Å². The summed E-state index contributed by atoms with van der Waals surface area (Å²) in [6.45, 7) is 2.04. The largest absolute Gasteiger partial charge is 0.367 e. The number of rotatable bonds is 2. The molecule has 5 nitrogen and oxygen atoms in total. The molecule has 0 aliphatic heterocycles. The van der Waals surface area contributed by atoms with Gasteiger partial charge in [0, 0.05) is 18.8 Å². The highest BCUT2D eigenvalue weighted by molar-refractivity contribution is 5.87. The number of hydrogen-bond acceptors (Lipinski definition) is 4. The first-order valence-corrected chi connectivity index (χ1v) is 5.97. The van der Waals surface area contributed by atoms with Crippen LogP contribution in [0.25, 0.3) is 22.4 Å². The van der Waals surface area contributed by atoms with Crippen LogP contribution in [0.3, 0.4) is 0 Å². The van der Waals surface area contributed by atoms with Gasteiger partial charge in [0.1, 0.15) is 5.69 Å². The maximum atomic E-state index is 5.93. The van der Waals surface area contributed by atoms with Gasteiger partial charge in [0.25, 0.3) is 0 Å². The summed E-state index contributed by atoms with van der Waals surface area (Å²) in [5.74, 6) is 0.327. The van der Waals surface area contributed by atoms with Gasteiger partial charge < -0.3 is 10.3 Å². The molecule has 2 heterocycles. The molecule has 0 saturated heterocycles. The topological polar surface area (TPSA) is 69.9 Å². The second-order valence-electron chi connectivity index (χ2n) is 4.49. The van der Waals surface area contributed by atoms with E-state index in [1.54, 1.807) is 10.9 Å². The van der Waals surface area contributed by atoms with Crippen molar-refractivity contribution in [2.75, 3.05) is 5.73 Å². The Morgan fingerprint density at radius 1 is 1.26 bits per heavy atom. The zero-order valence-electron chi connectivity index (χ0n) is 10.8. The highest BCUT2D eigenvalue weighted by atomic mass is 16.5. The number of hydrogen-bond donors (Lipinski definition) is 1. The zero-order chi connectivity index (χ0) is 13.4. The van der Waals surface area contributed by atoms with Crippen molar-refractivity contribution in [1.29, 1.82) is 0 Å². The Labute approximate surface area is 110 Å². The average molecular weight is 254 g/mol. The Balaban J connectivity index is 2.22. The van der Waals surface area contributed by atoms with Crippen molar-refractivity contribution in [3.05, 3.63) is 42.2 Å². The summed E-state index contributed by atoms with van der Waals surface area (Å²) in [6, 6.07) is 8.01. The van der Waals surface area contributed by atoms with E-state index in [9.17, 15) is 0 Å². The van der Waals surface area contributed by atoms with Crippen molar-refractivity contribution in [2.45, 2.75) is 6.92 Å². The molecule has 1 aromatic carbocycles. The predicted molar refractivity (Wildman–Crippen MR) is 73.3 cm³/mol. The van der Waals surface area contributed by atoms with E-state index in [0.717, 1.165) is 27.9 Å². The molecule has 5 heteroatoms. The van der Waals surface area contributed by atoms with Gasteiger partial charge in [-0.1, -0.05) is 29.4 Å². The standard InChI is InChI=1S/C14H14N4O/c1-9-5-3-4-6-11(9)12-13(17-19-14(12)15)10-7-16-18(2)8-10/h3-8H,15H2,1-2H3. The lowest BCUT2D eigenvalue weighted by atomic mass is 9.98. The first-order valence-electron chi connectivity index (χ1n) is 5.97. The summed E-state index contributed by atoms with van der Waals surface area (Å²) in [5, 5.41) is 8.22. The second kappa shape index (κ2) is 4.28. The van der Waals surface area contributed by atoms with Gasteiger partial charge in [-0.05, 0) is 18.1 Å². The van der Waals surface area contributed by atoms with Gasteiger partial charge in [-0.25, -0.2) is 0 Å². The maximum Gasteiger partial charge on any atom is 0.230 e. The van der Waals surface area contributed by atoms with Gasteiger partial charge >= 0.3 is 0 Å². The minimum atomic E-state index is 0.327. The highest BCUT2D eigenvalue weighted by Crippen LogP contribution is 2.37. The average Bonchev–Trinajstić information content (AvgIpc) is 2.96. The van der Waals surface area contributed by atoms with E-state index in [1.165, 1.54) is 0 Å². The molecule has 0 amide bonds. The lowest BCUT2D eigenvalue weighted by Gasteiger charge is -2.04. The van der Waals surface area contributed by atoms with Crippen LogP contribution in [0.2, 0.25) is 0 Å². The molecule has 0 atom stereocenters. The highest BCUT2D eigenvalue weighted by Gasteiger charge is 2.19. The van der Waals surface area contributed by atoms with E-state index in [1.807, 2.05) is 44.4 Å². The van der Waals surface area contributed by atoms with Gasteiger partial charge in [0.2, 0.25) is 5.88 Å². The number of nitrogens with two attached hydrogens (primary N) is 1. The van der Waals surface area contributed by atoms with Gasteiger partial charge in [0.05, 0.1) is 11.8 Å². The van der Waals surface area contributed by atoms with Crippen LogP contribution in [0.4, 0.5) is 5.88 Å². The Hall–Kier alpha value is -2.56. The van der Waals surface area contributed by atoms with Crippen molar-refractivity contribution >= 4 is 5.88 Å². The van der Waals surface area contributed by atoms with E-state index in [0.29, 0.717) is 5.88 Å². The Morgan fingerprint density at radius 2 is 2.05 bits per heavy atom. The predicted octanol–water partition coefficient (Wildman–Crippen LogP) is 2.63. The smallest absolute Gasteiger partial charge is 0.230 e. The summed E-state index contributed by atoms with van der Waals surface area (Å²) in [7, 11) is 1.86. The van der Waals surface area contributed by atoms with Crippen molar-refractivity contribution in [3.63, 3.8) is 0 Å². The van der Waals surface area contributed by atoms with E-state index >= 15 is 0 Å². The molecule has 96 valence electrons. The molecule has 0 spiro atoms. The fraction of sp³-hybridized carbons (Fsp3) is 0.143. The number of nitrogens with zero attached hydrogens (tertiary/aromatic N) is 3. The van der Waals surface area contributed by atoms with Gasteiger partial charge in [0.15, 0.2) is 0 Å². The third-order valence-electron chi connectivity index (χ3n) is 3.11. The third kappa shape index (κ3) is 1.89. The van der Waals surface area contributed by atoms with E-state index < -0.39 is 0 Å². The van der Waals surface area contributed by atoms with Crippen LogP contribution in [0.1, 0.15) is 5.56 Å². The fourth-order valence-corrected chi connectivity index (χ4v) is 2.16. The van der Waals surface area contributed by atoms with Gasteiger partial charge in [-0.3, -0.25) is 4.68 Å². The second-order valence-corrected chi connectivity index (χ2v) is 4.49. The molecule has 0 fully saturated rings. The molecule has 3 rings (SSSR count). The maximum absolute atomic E-state index is 5.93. The number of anilines is 1. The van der Waals surface area contributed by atoms with Crippen LogP contribution >= 0.6 is 0 Å². The first-order chi connectivity index (χ1) is 9.16. The molecular weight excluding hydrogens is 240 g/mol.